The van der Waals surface area contributed by atoms with Crippen LogP contribution in [0.2, 0.25) is 0 Å². The van der Waals surface area contributed by atoms with Gasteiger partial charge >= 0.3 is 0 Å². The van der Waals surface area contributed by atoms with Crippen LogP contribution in [0.15, 0.2) is 0 Å². The highest BCUT2D eigenvalue weighted by Crippen LogP contribution is 2.30. The molecule has 0 aromatic heterocycles. The van der Waals surface area contributed by atoms with Crippen LogP contribution < -0.4 is 5.32 Å². The Morgan fingerprint density at radius 2 is 2.18 bits per heavy atom. The second kappa shape index (κ2) is 6.19. The Hall–Kier alpha value is -0.0800. The van der Waals surface area contributed by atoms with Crippen molar-refractivity contribution in [3.8, 4) is 0 Å². The molecule has 0 spiro atoms. The SMILES string of the molecule is CCC(C)C1CN(C2CCC(C)C2)CCCN1. The maximum Gasteiger partial charge on any atom is 0.0220 e. The van der Waals surface area contributed by atoms with Gasteiger partial charge in [0.25, 0.3) is 0 Å². The van der Waals surface area contributed by atoms with Gasteiger partial charge in [-0.3, -0.25) is 4.90 Å². The first kappa shape index (κ1) is 13.4. The van der Waals surface area contributed by atoms with Gasteiger partial charge in [-0.15, -0.1) is 0 Å². The molecule has 4 atom stereocenters. The summed E-state index contributed by atoms with van der Waals surface area (Å²) in [6.07, 6.45) is 6.95. The number of hydrogen-bond donors (Lipinski definition) is 1. The topological polar surface area (TPSA) is 15.3 Å². The molecular weight excluding hydrogens is 208 g/mol. The van der Waals surface area contributed by atoms with E-state index in [4.69, 9.17) is 0 Å². The van der Waals surface area contributed by atoms with E-state index in [1.54, 1.807) is 0 Å². The minimum Gasteiger partial charge on any atom is -0.312 e. The highest BCUT2D eigenvalue weighted by molar-refractivity contribution is 4.87. The van der Waals surface area contributed by atoms with Crippen LogP contribution in [0.4, 0.5) is 0 Å². The van der Waals surface area contributed by atoms with Crippen molar-refractivity contribution in [3.63, 3.8) is 0 Å². The molecule has 0 aromatic rings. The molecule has 0 aromatic carbocycles. The van der Waals surface area contributed by atoms with Crippen molar-refractivity contribution in [1.29, 1.82) is 0 Å². The van der Waals surface area contributed by atoms with Gasteiger partial charge in [-0.1, -0.05) is 27.2 Å². The third kappa shape index (κ3) is 3.45. The van der Waals surface area contributed by atoms with Gasteiger partial charge < -0.3 is 5.32 Å². The van der Waals surface area contributed by atoms with E-state index in [9.17, 15) is 0 Å². The highest BCUT2D eigenvalue weighted by Gasteiger charge is 2.30. The summed E-state index contributed by atoms with van der Waals surface area (Å²) < 4.78 is 0. The van der Waals surface area contributed by atoms with E-state index >= 15 is 0 Å². The summed E-state index contributed by atoms with van der Waals surface area (Å²) in [4.78, 5) is 2.79. The fraction of sp³-hybridized carbons (Fsp3) is 1.00. The van der Waals surface area contributed by atoms with Crippen molar-refractivity contribution in [2.45, 2.75) is 65.0 Å². The third-order valence-electron chi connectivity index (χ3n) is 4.97. The molecule has 0 radical (unpaired) electrons. The molecule has 2 rings (SSSR count). The normalized spacial score (nSPS) is 37.9. The molecule has 1 aliphatic heterocycles. The summed E-state index contributed by atoms with van der Waals surface area (Å²) in [6, 6.07) is 1.61. The van der Waals surface area contributed by atoms with Gasteiger partial charge in [0, 0.05) is 18.6 Å². The van der Waals surface area contributed by atoms with Crippen molar-refractivity contribution < 1.29 is 0 Å². The molecule has 1 aliphatic carbocycles. The van der Waals surface area contributed by atoms with Crippen molar-refractivity contribution in [2.75, 3.05) is 19.6 Å². The minimum atomic E-state index is 0.721. The summed E-state index contributed by atoms with van der Waals surface area (Å²) in [7, 11) is 0. The van der Waals surface area contributed by atoms with Crippen LogP contribution in [0.1, 0.15) is 52.9 Å². The van der Waals surface area contributed by atoms with Gasteiger partial charge in [0.15, 0.2) is 0 Å². The molecule has 0 amide bonds. The lowest BCUT2D eigenvalue weighted by molar-refractivity contribution is 0.176. The molecule has 2 heteroatoms. The number of rotatable bonds is 3. The average Bonchev–Trinajstić information content (AvgIpc) is 2.63. The van der Waals surface area contributed by atoms with Crippen LogP contribution >= 0.6 is 0 Å². The zero-order valence-corrected chi connectivity index (χ0v) is 11.9. The lowest BCUT2D eigenvalue weighted by Gasteiger charge is -2.32. The standard InChI is InChI=1S/C15H30N2/c1-4-13(3)15-11-17(9-5-8-16-15)14-7-6-12(2)10-14/h12-16H,4-11H2,1-3H3. The Morgan fingerprint density at radius 1 is 1.35 bits per heavy atom. The Kier molecular flexibility index (Phi) is 4.87. The van der Waals surface area contributed by atoms with Gasteiger partial charge in [0.1, 0.15) is 0 Å². The quantitative estimate of drug-likeness (QED) is 0.813. The molecule has 1 saturated carbocycles. The second-order valence-corrected chi connectivity index (χ2v) is 6.37. The second-order valence-electron chi connectivity index (χ2n) is 6.37. The van der Waals surface area contributed by atoms with E-state index in [-0.39, 0.29) is 0 Å². The number of hydrogen-bond acceptors (Lipinski definition) is 2. The van der Waals surface area contributed by atoms with E-state index in [2.05, 4.69) is 31.0 Å². The van der Waals surface area contributed by atoms with Crippen molar-refractivity contribution in [3.05, 3.63) is 0 Å². The van der Waals surface area contributed by atoms with Crippen LogP contribution in [-0.4, -0.2) is 36.6 Å². The minimum absolute atomic E-state index is 0.721. The van der Waals surface area contributed by atoms with Crippen molar-refractivity contribution in [1.82, 2.24) is 10.2 Å². The molecule has 100 valence electrons. The number of nitrogens with zero attached hydrogens (tertiary/aromatic N) is 1. The maximum atomic E-state index is 3.76. The first-order valence-corrected chi connectivity index (χ1v) is 7.68. The Labute approximate surface area is 107 Å². The Bertz CT molecular complexity index is 229. The Morgan fingerprint density at radius 3 is 2.82 bits per heavy atom. The van der Waals surface area contributed by atoms with Gasteiger partial charge in [-0.25, -0.2) is 0 Å². The number of nitrogens with one attached hydrogen (secondary N) is 1. The van der Waals surface area contributed by atoms with E-state index in [1.807, 2.05) is 0 Å². The molecule has 1 saturated heterocycles. The van der Waals surface area contributed by atoms with Gasteiger partial charge in [0.2, 0.25) is 0 Å². The molecular formula is C15H30N2. The largest absolute Gasteiger partial charge is 0.312 e. The van der Waals surface area contributed by atoms with E-state index in [1.165, 1.54) is 51.7 Å². The average molecular weight is 238 g/mol. The molecule has 1 heterocycles. The monoisotopic (exact) mass is 238 g/mol. The maximum absolute atomic E-state index is 3.76. The summed E-state index contributed by atoms with van der Waals surface area (Å²) in [5.41, 5.74) is 0. The fourth-order valence-electron chi connectivity index (χ4n) is 3.48. The molecule has 2 aliphatic rings. The Balaban J connectivity index is 1.92. The zero-order chi connectivity index (χ0) is 12.3. The molecule has 1 N–H and O–H groups in total. The predicted molar refractivity (Wildman–Crippen MR) is 74.2 cm³/mol. The molecule has 0 bridgehead atoms. The van der Waals surface area contributed by atoms with Crippen LogP contribution in [0.5, 0.6) is 0 Å². The van der Waals surface area contributed by atoms with Crippen molar-refractivity contribution in [2.24, 2.45) is 11.8 Å². The molecule has 2 fully saturated rings. The first-order chi connectivity index (χ1) is 8.20. The summed E-state index contributed by atoms with van der Waals surface area (Å²) >= 11 is 0. The first-order valence-electron chi connectivity index (χ1n) is 7.68. The third-order valence-corrected chi connectivity index (χ3v) is 4.97. The highest BCUT2D eigenvalue weighted by atomic mass is 15.2. The van der Waals surface area contributed by atoms with Gasteiger partial charge in [-0.05, 0) is 50.6 Å². The smallest absolute Gasteiger partial charge is 0.0220 e. The zero-order valence-electron chi connectivity index (χ0n) is 11.9. The fourth-order valence-corrected chi connectivity index (χ4v) is 3.48. The predicted octanol–water partition coefficient (Wildman–Crippen LogP) is 2.89. The van der Waals surface area contributed by atoms with Crippen LogP contribution in [0.3, 0.4) is 0 Å². The van der Waals surface area contributed by atoms with E-state index < -0.39 is 0 Å². The molecule has 4 unspecified atom stereocenters. The summed E-state index contributed by atoms with van der Waals surface area (Å²) in [5, 5.41) is 3.76. The summed E-state index contributed by atoms with van der Waals surface area (Å²) in [6.45, 7) is 11.0. The van der Waals surface area contributed by atoms with Crippen LogP contribution in [0.25, 0.3) is 0 Å². The van der Waals surface area contributed by atoms with Crippen molar-refractivity contribution >= 4 is 0 Å². The lowest BCUT2D eigenvalue weighted by Crippen LogP contribution is -2.44. The van der Waals surface area contributed by atoms with Crippen LogP contribution in [-0.2, 0) is 0 Å². The molecule has 17 heavy (non-hydrogen) atoms. The van der Waals surface area contributed by atoms with E-state index in [0.29, 0.717) is 0 Å². The van der Waals surface area contributed by atoms with Gasteiger partial charge in [0.05, 0.1) is 0 Å². The van der Waals surface area contributed by atoms with E-state index in [0.717, 1.165) is 23.9 Å². The lowest BCUT2D eigenvalue weighted by atomic mass is 9.98. The van der Waals surface area contributed by atoms with Gasteiger partial charge in [-0.2, -0.15) is 0 Å². The summed E-state index contributed by atoms with van der Waals surface area (Å²) in [5.74, 6) is 1.77. The molecule has 2 nitrogen and oxygen atoms in total. The van der Waals surface area contributed by atoms with Crippen LogP contribution in [0, 0.1) is 11.8 Å².